The van der Waals surface area contributed by atoms with Crippen molar-refractivity contribution in [2.75, 3.05) is 36.8 Å². The van der Waals surface area contributed by atoms with Gasteiger partial charge in [-0.1, -0.05) is 6.92 Å². The van der Waals surface area contributed by atoms with Crippen LogP contribution in [0.1, 0.15) is 40.0 Å². The molecule has 22 heavy (non-hydrogen) atoms. The maximum atomic E-state index is 6.04. The Labute approximate surface area is 134 Å². The van der Waals surface area contributed by atoms with Crippen molar-refractivity contribution in [3.05, 3.63) is 18.2 Å². The normalized spacial score (nSPS) is 25.5. The highest BCUT2D eigenvalue weighted by Gasteiger charge is 2.45. The van der Waals surface area contributed by atoms with Crippen molar-refractivity contribution >= 4 is 11.4 Å². The third kappa shape index (κ3) is 2.76. The van der Waals surface area contributed by atoms with Crippen molar-refractivity contribution in [3.63, 3.8) is 0 Å². The van der Waals surface area contributed by atoms with Crippen LogP contribution in [0.2, 0.25) is 0 Å². The Balaban J connectivity index is 1.78. The molecular formula is C18H29N3O. The molecular weight excluding hydrogens is 274 g/mol. The largest absolute Gasteiger partial charge is 0.489 e. The van der Waals surface area contributed by atoms with Crippen molar-refractivity contribution in [2.45, 2.75) is 51.7 Å². The van der Waals surface area contributed by atoms with E-state index in [9.17, 15) is 0 Å². The molecule has 1 aromatic carbocycles. The summed E-state index contributed by atoms with van der Waals surface area (Å²) in [4.78, 5) is 5.18. The third-order valence-corrected chi connectivity index (χ3v) is 5.18. The molecule has 2 fully saturated rings. The monoisotopic (exact) mass is 303 g/mol. The predicted octanol–water partition coefficient (Wildman–Crippen LogP) is 3.12. The molecule has 0 saturated carbocycles. The van der Waals surface area contributed by atoms with Crippen molar-refractivity contribution < 1.29 is 4.74 Å². The summed E-state index contributed by atoms with van der Waals surface area (Å²) in [5, 5.41) is 0. The lowest BCUT2D eigenvalue weighted by atomic mass is 9.95. The van der Waals surface area contributed by atoms with Crippen LogP contribution in [0.4, 0.5) is 11.4 Å². The highest BCUT2D eigenvalue weighted by atomic mass is 16.5. The van der Waals surface area contributed by atoms with Gasteiger partial charge in [-0.2, -0.15) is 0 Å². The molecule has 1 spiro atoms. The highest BCUT2D eigenvalue weighted by molar-refractivity contribution is 5.63. The number of rotatable bonds is 4. The van der Waals surface area contributed by atoms with E-state index in [-0.39, 0.29) is 6.10 Å². The van der Waals surface area contributed by atoms with Crippen LogP contribution in [0.15, 0.2) is 18.2 Å². The minimum Gasteiger partial charge on any atom is -0.489 e. The van der Waals surface area contributed by atoms with Crippen LogP contribution in [0, 0.1) is 0 Å². The standard InChI is InChI=1S/C18H29N3O/c1-4-21-10-5-8-18(21)9-11-20(13-18)15-6-7-16(19)17(12-15)22-14(2)3/h6-7,12,14H,4-5,8-11,13,19H2,1-3H3/t18-/m0/s1. The molecule has 2 aliphatic rings. The van der Waals surface area contributed by atoms with Gasteiger partial charge in [0.15, 0.2) is 0 Å². The summed E-state index contributed by atoms with van der Waals surface area (Å²) >= 11 is 0. The second kappa shape index (κ2) is 5.99. The van der Waals surface area contributed by atoms with E-state index in [1.807, 2.05) is 19.9 Å². The fraction of sp³-hybridized carbons (Fsp3) is 0.667. The minimum atomic E-state index is 0.146. The molecule has 4 nitrogen and oxygen atoms in total. The topological polar surface area (TPSA) is 41.7 Å². The maximum Gasteiger partial charge on any atom is 0.144 e. The van der Waals surface area contributed by atoms with Crippen molar-refractivity contribution in [1.29, 1.82) is 0 Å². The van der Waals surface area contributed by atoms with Gasteiger partial charge in [0.25, 0.3) is 0 Å². The number of nitrogens with two attached hydrogens (primary N) is 1. The molecule has 1 atom stereocenters. The molecule has 0 aromatic heterocycles. The number of nitrogen functional groups attached to an aromatic ring is 1. The molecule has 0 radical (unpaired) electrons. The van der Waals surface area contributed by atoms with E-state index in [1.165, 1.54) is 31.5 Å². The lowest BCUT2D eigenvalue weighted by molar-refractivity contribution is 0.167. The molecule has 0 aliphatic carbocycles. The first-order valence-electron chi connectivity index (χ1n) is 8.60. The Morgan fingerprint density at radius 1 is 1.27 bits per heavy atom. The van der Waals surface area contributed by atoms with Gasteiger partial charge in [0.2, 0.25) is 0 Å². The fourth-order valence-electron chi connectivity index (χ4n) is 4.10. The van der Waals surface area contributed by atoms with Crippen LogP contribution >= 0.6 is 0 Å². The van der Waals surface area contributed by atoms with Crippen molar-refractivity contribution in [2.24, 2.45) is 0 Å². The summed E-state index contributed by atoms with van der Waals surface area (Å²) < 4.78 is 5.84. The van der Waals surface area contributed by atoms with E-state index < -0.39 is 0 Å². The zero-order chi connectivity index (χ0) is 15.7. The first kappa shape index (κ1) is 15.5. The van der Waals surface area contributed by atoms with Gasteiger partial charge in [-0.05, 0) is 58.3 Å². The first-order valence-corrected chi connectivity index (χ1v) is 8.60. The number of benzene rings is 1. The van der Waals surface area contributed by atoms with Gasteiger partial charge in [0.1, 0.15) is 5.75 Å². The second-order valence-electron chi connectivity index (χ2n) is 6.97. The summed E-state index contributed by atoms with van der Waals surface area (Å²) in [5.41, 5.74) is 8.41. The summed E-state index contributed by atoms with van der Waals surface area (Å²) in [6, 6.07) is 6.22. The molecule has 2 N–H and O–H groups in total. The van der Waals surface area contributed by atoms with Gasteiger partial charge in [-0.3, -0.25) is 4.90 Å². The van der Waals surface area contributed by atoms with Crippen LogP contribution in [0.25, 0.3) is 0 Å². The average Bonchev–Trinajstić information content (AvgIpc) is 3.08. The first-order chi connectivity index (χ1) is 10.5. The van der Waals surface area contributed by atoms with Crippen LogP contribution in [-0.2, 0) is 0 Å². The van der Waals surface area contributed by atoms with Gasteiger partial charge in [-0.25, -0.2) is 0 Å². The highest BCUT2D eigenvalue weighted by Crippen LogP contribution is 2.40. The number of nitrogens with zero attached hydrogens (tertiary/aromatic N) is 2. The summed E-state index contributed by atoms with van der Waals surface area (Å²) in [5.74, 6) is 0.812. The van der Waals surface area contributed by atoms with E-state index in [2.05, 4.69) is 28.9 Å². The lowest BCUT2D eigenvalue weighted by Crippen LogP contribution is -2.45. The molecule has 0 bridgehead atoms. The summed E-state index contributed by atoms with van der Waals surface area (Å²) in [6.45, 7) is 11.0. The van der Waals surface area contributed by atoms with Crippen molar-refractivity contribution in [1.82, 2.24) is 4.90 Å². The van der Waals surface area contributed by atoms with E-state index >= 15 is 0 Å². The zero-order valence-corrected chi connectivity index (χ0v) is 14.1. The third-order valence-electron chi connectivity index (χ3n) is 5.18. The van der Waals surface area contributed by atoms with Gasteiger partial charge >= 0.3 is 0 Å². The quantitative estimate of drug-likeness (QED) is 0.868. The van der Waals surface area contributed by atoms with Gasteiger partial charge < -0.3 is 15.4 Å². The SMILES string of the molecule is CCN1CCC[C@@]12CCN(c1ccc(N)c(OC(C)C)c1)C2. The minimum absolute atomic E-state index is 0.146. The Morgan fingerprint density at radius 3 is 2.82 bits per heavy atom. The van der Waals surface area contributed by atoms with Crippen LogP contribution < -0.4 is 15.4 Å². The molecule has 2 aliphatic heterocycles. The molecule has 0 unspecified atom stereocenters. The molecule has 4 heteroatoms. The predicted molar refractivity (Wildman–Crippen MR) is 92.7 cm³/mol. The average molecular weight is 303 g/mol. The molecule has 2 heterocycles. The number of anilines is 2. The van der Waals surface area contributed by atoms with Gasteiger partial charge in [0.05, 0.1) is 11.8 Å². The molecule has 122 valence electrons. The van der Waals surface area contributed by atoms with Crippen LogP contribution in [-0.4, -0.2) is 42.7 Å². The number of likely N-dealkylation sites (tertiary alicyclic amines) is 1. The molecule has 0 amide bonds. The van der Waals surface area contributed by atoms with E-state index in [1.54, 1.807) is 0 Å². The second-order valence-corrected chi connectivity index (χ2v) is 6.97. The van der Waals surface area contributed by atoms with E-state index in [0.717, 1.165) is 31.1 Å². The van der Waals surface area contributed by atoms with Gasteiger partial charge in [0, 0.05) is 30.4 Å². The number of hydrogen-bond acceptors (Lipinski definition) is 4. The Hall–Kier alpha value is -1.42. The molecule has 1 aromatic rings. The van der Waals surface area contributed by atoms with Crippen LogP contribution in [0.3, 0.4) is 0 Å². The van der Waals surface area contributed by atoms with Gasteiger partial charge in [-0.15, -0.1) is 0 Å². The molecule has 2 saturated heterocycles. The van der Waals surface area contributed by atoms with E-state index in [0.29, 0.717) is 5.54 Å². The Morgan fingerprint density at radius 2 is 2.09 bits per heavy atom. The number of ether oxygens (including phenoxy) is 1. The Bertz CT molecular complexity index is 531. The molecule has 3 rings (SSSR count). The van der Waals surface area contributed by atoms with E-state index in [4.69, 9.17) is 10.5 Å². The lowest BCUT2D eigenvalue weighted by Gasteiger charge is -2.34. The summed E-state index contributed by atoms with van der Waals surface area (Å²) in [7, 11) is 0. The number of likely N-dealkylation sites (N-methyl/N-ethyl adjacent to an activating group) is 1. The number of hydrogen-bond donors (Lipinski definition) is 1. The fourth-order valence-corrected chi connectivity index (χ4v) is 4.10. The maximum absolute atomic E-state index is 6.04. The Kier molecular flexibility index (Phi) is 4.22. The smallest absolute Gasteiger partial charge is 0.144 e. The van der Waals surface area contributed by atoms with Crippen molar-refractivity contribution in [3.8, 4) is 5.75 Å². The zero-order valence-electron chi connectivity index (χ0n) is 14.1. The summed E-state index contributed by atoms with van der Waals surface area (Å²) in [6.07, 6.45) is 4.09. The van der Waals surface area contributed by atoms with Crippen LogP contribution in [0.5, 0.6) is 5.75 Å².